The second-order valence-electron chi connectivity index (χ2n) is 7.57. The number of rotatable bonds is 7. The van der Waals surface area contributed by atoms with Crippen molar-refractivity contribution >= 4 is 6.08 Å². The van der Waals surface area contributed by atoms with Gasteiger partial charge in [-0.2, -0.15) is 0 Å². The fourth-order valence-electron chi connectivity index (χ4n) is 3.45. The van der Waals surface area contributed by atoms with Crippen molar-refractivity contribution < 1.29 is 59.8 Å². The van der Waals surface area contributed by atoms with Crippen LogP contribution in [0.5, 0.6) is 11.5 Å². The van der Waals surface area contributed by atoms with E-state index in [4.69, 9.17) is 18.9 Å². The molecule has 12 nitrogen and oxygen atoms in total. The Labute approximate surface area is 183 Å². The molecule has 10 atom stereocenters. The summed E-state index contributed by atoms with van der Waals surface area (Å²) in [5, 5.41) is 78.5. The highest BCUT2D eigenvalue weighted by Crippen LogP contribution is 2.31. The molecule has 2 aliphatic rings. The highest BCUT2D eigenvalue weighted by Gasteiger charge is 2.46. The topological polar surface area (TPSA) is 199 Å². The first-order valence-corrected chi connectivity index (χ1v) is 9.92. The van der Waals surface area contributed by atoms with E-state index in [0.717, 1.165) is 0 Å². The quantitative estimate of drug-likeness (QED) is 0.202. The number of hydrogen-bond donors (Lipinski definition) is 8. The molecular formula is C20H28O12. The number of benzene rings is 1. The van der Waals surface area contributed by atoms with E-state index in [0.29, 0.717) is 5.56 Å². The normalized spacial score (nSPS) is 40.0. The third-order valence-corrected chi connectivity index (χ3v) is 5.34. The summed E-state index contributed by atoms with van der Waals surface area (Å²) in [5.74, 6) is 0.151. The van der Waals surface area contributed by atoms with Gasteiger partial charge in [-0.25, -0.2) is 0 Å². The molecule has 32 heavy (non-hydrogen) atoms. The van der Waals surface area contributed by atoms with E-state index in [1.165, 1.54) is 24.3 Å². The highest BCUT2D eigenvalue weighted by molar-refractivity contribution is 5.53. The largest absolute Gasteiger partial charge is 0.462 e. The third-order valence-electron chi connectivity index (χ3n) is 5.34. The summed E-state index contributed by atoms with van der Waals surface area (Å²) >= 11 is 0. The fraction of sp³-hybridized carbons (Fsp3) is 0.600. The van der Waals surface area contributed by atoms with E-state index in [1.54, 1.807) is 0 Å². The second-order valence-corrected chi connectivity index (χ2v) is 7.57. The Morgan fingerprint density at radius 1 is 0.688 bits per heavy atom. The van der Waals surface area contributed by atoms with E-state index in [2.05, 4.69) is 6.58 Å². The lowest BCUT2D eigenvalue weighted by Gasteiger charge is -2.40. The Morgan fingerprint density at radius 3 is 1.44 bits per heavy atom. The molecular weight excluding hydrogens is 432 g/mol. The van der Waals surface area contributed by atoms with Crippen LogP contribution in [0.3, 0.4) is 0 Å². The van der Waals surface area contributed by atoms with Gasteiger partial charge < -0.3 is 59.8 Å². The van der Waals surface area contributed by atoms with Crippen molar-refractivity contribution in [3.8, 4) is 11.5 Å². The number of aliphatic hydroxyl groups is 8. The third kappa shape index (κ3) is 5.05. The van der Waals surface area contributed by atoms with Gasteiger partial charge in [0.2, 0.25) is 12.6 Å². The van der Waals surface area contributed by atoms with Gasteiger partial charge in [0.05, 0.1) is 13.2 Å². The molecule has 0 aromatic heterocycles. The van der Waals surface area contributed by atoms with Crippen LogP contribution in [0.15, 0.2) is 24.8 Å². The standard InChI is InChI=1S/C20H28O12/c1-2-8-3-9(29-19-17(27)15(25)13(23)11(6-21)31-19)5-10(4-8)30-20-18(28)16(26)14(24)12(7-22)32-20/h2-5,11-28H,1,6-7H2/t11-,12-,13+,14+,15+,16+,17-,18-,19-,20-/m1/s1. The Balaban J connectivity index is 1.79. The van der Waals surface area contributed by atoms with Crippen LogP contribution in [0.25, 0.3) is 6.08 Å². The Morgan fingerprint density at radius 2 is 1.09 bits per heavy atom. The molecule has 2 heterocycles. The molecule has 180 valence electrons. The molecule has 2 saturated heterocycles. The monoisotopic (exact) mass is 460 g/mol. The highest BCUT2D eigenvalue weighted by atomic mass is 16.7. The average molecular weight is 460 g/mol. The van der Waals surface area contributed by atoms with Crippen LogP contribution < -0.4 is 9.47 Å². The molecule has 0 aliphatic carbocycles. The van der Waals surface area contributed by atoms with Crippen LogP contribution >= 0.6 is 0 Å². The van der Waals surface area contributed by atoms with Gasteiger partial charge in [-0.1, -0.05) is 12.7 Å². The van der Waals surface area contributed by atoms with Crippen LogP contribution in [0.4, 0.5) is 0 Å². The molecule has 2 aliphatic heterocycles. The molecule has 0 amide bonds. The zero-order valence-corrected chi connectivity index (χ0v) is 16.9. The Kier molecular flexibility index (Phi) is 8.06. The van der Waals surface area contributed by atoms with Crippen molar-refractivity contribution in [2.75, 3.05) is 13.2 Å². The molecule has 0 radical (unpaired) electrons. The number of hydrogen-bond acceptors (Lipinski definition) is 12. The molecule has 0 spiro atoms. The minimum Gasteiger partial charge on any atom is -0.462 e. The first kappa shape index (κ1) is 24.8. The summed E-state index contributed by atoms with van der Waals surface area (Å²) in [6, 6.07) is 4.32. The van der Waals surface area contributed by atoms with E-state index in [-0.39, 0.29) is 11.5 Å². The molecule has 2 fully saturated rings. The molecule has 1 aromatic rings. The fourth-order valence-corrected chi connectivity index (χ4v) is 3.45. The van der Waals surface area contributed by atoms with Gasteiger partial charge in [0, 0.05) is 6.07 Å². The maximum Gasteiger partial charge on any atom is 0.229 e. The summed E-state index contributed by atoms with van der Waals surface area (Å²) in [6.07, 6.45) is -13.4. The summed E-state index contributed by atoms with van der Waals surface area (Å²) in [7, 11) is 0. The van der Waals surface area contributed by atoms with Crippen LogP contribution in [0.1, 0.15) is 5.56 Å². The zero-order chi connectivity index (χ0) is 23.6. The smallest absolute Gasteiger partial charge is 0.229 e. The van der Waals surface area contributed by atoms with Crippen molar-refractivity contribution in [2.45, 2.75) is 61.4 Å². The minimum absolute atomic E-state index is 0.0753. The second kappa shape index (κ2) is 10.4. The Hall–Kier alpha value is -1.84. The maximum atomic E-state index is 10.2. The SMILES string of the molecule is C=Cc1cc(O[C@@H]2O[C@H](CO)[C@H](O)[C@H](O)[C@H]2O)cc(O[C@@H]2O[C@H](CO)[C@H](O)[C@H](O)[C@H]2O)c1. The lowest BCUT2D eigenvalue weighted by molar-refractivity contribution is -0.278. The van der Waals surface area contributed by atoms with Crippen molar-refractivity contribution in [2.24, 2.45) is 0 Å². The zero-order valence-electron chi connectivity index (χ0n) is 16.9. The lowest BCUT2D eigenvalue weighted by Crippen LogP contribution is -2.60. The van der Waals surface area contributed by atoms with Gasteiger partial charge in [0.1, 0.15) is 60.3 Å². The summed E-state index contributed by atoms with van der Waals surface area (Å²) < 4.78 is 21.8. The van der Waals surface area contributed by atoms with E-state index in [1.807, 2.05) is 0 Å². The van der Waals surface area contributed by atoms with Crippen LogP contribution in [-0.4, -0.2) is 115 Å². The molecule has 8 N–H and O–H groups in total. The van der Waals surface area contributed by atoms with Crippen molar-refractivity contribution in [1.82, 2.24) is 0 Å². The van der Waals surface area contributed by atoms with Crippen molar-refractivity contribution in [3.63, 3.8) is 0 Å². The average Bonchev–Trinajstić information content (AvgIpc) is 2.79. The summed E-state index contributed by atoms with van der Waals surface area (Å²) in [6.45, 7) is 2.40. The molecule has 3 rings (SSSR count). The van der Waals surface area contributed by atoms with E-state index in [9.17, 15) is 40.9 Å². The van der Waals surface area contributed by atoms with Crippen molar-refractivity contribution in [1.29, 1.82) is 0 Å². The van der Waals surface area contributed by atoms with Gasteiger partial charge in [0.25, 0.3) is 0 Å². The first-order valence-electron chi connectivity index (χ1n) is 9.92. The van der Waals surface area contributed by atoms with Crippen LogP contribution in [0.2, 0.25) is 0 Å². The predicted octanol–water partition coefficient (Wildman–Crippen LogP) is -3.31. The predicted molar refractivity (Wildman–Crippen MR) is 105 cm³/mol. The minimum atomic E-state index is -1.63. The summed E-state index contributed by atoms with van der Waals surface area (Å²) in [5.41, 5.74) is 0.478. The molecule has 12 heteroatoms. The molecule has 0 unspecified atom stereocenters. The molecule has 0 bridgehead atoms. The van der Waals surface area contributed by atoms with Gasteiger partial charge in [-0.3, -0.25) is 0 Å². The number of ether oxygens (including phenoxy) is 4. The van der Waals surface area contributed by atoms with Crippen LogP contribution in [-0.2, 0) is 9.47 Å². The molecule has 1 aromatic carbocycles. The van der Waals surface area contributed by atoms with Gasteiger partial charge in [-0.05, 0) is 17.7 Å². The van der Waals surface area contributed by atoms with E-state index >= 15 is 0 Å². The van der Waals surface area contributed by atoms with E-state index < -0.39 is 74.6 Å². The maximum absolute atomic E-state index is 10.2. The lowest BCUT2D eigenvalue weighted by atomic mass is 9.99. The van der Waals surface area contributed by atoms with Crippen molar-refractivity contribution in [3.05, 3.63) is 30.3 Å². The summed E-state index contributed by atoms with van der Waals surface area (Å²) in [4.78, 5) is 0. The van der Waals surface area contributed by atoms with Gasteiger partial charge >= 0.3 is 0 Å². The van der Waals surface area contributed by atoms with Gasteiger partial charge in [-0.15, -0.1) is 0 Å². The molecule has 0 saturated carbocycles. The first-order chi connectivity index (χ1) is 15.2. The van der Waals surface area contributed by atoms with Gasteiger partial charge in [0.15, 0.2) is 0 Å². The van der Waals surface area contributed by atoms with Crippen LogP contribution in [0, 0.1) is 0 Å². The number of aliphatic hydroxyl groups excluding tert-OH is 8. The Bertz CT molecular complexity index is 715.